The number of rotatable bonds is 7. The Balaban J connectivity index is 2.07. The van der Waals surface area contributed by atoms with Gasteiger partial charge in [0.2, 0.25) is 10.0 Å². The third-order valence-corrected chi connectivity index (χ3v) is 5.94. The van der Waals surface area contributed by atoms with Crippen LogP contribution in [0.1, 0.15) is 28.1 Å². The number of aryl methyl sites for hydroxylation is 1. The summed E-state index contributed by atoms with van der Waals surface area (Å²) < 4.78 is 36.7. The summed E-state index contributed by atoms with van der Waals surface area (Å²) in [6.07, 6.45) is 1.75. The van der Waals surface area contributed by atoms with Gasteiger partial charge in [0.05, 0.1) is 19.0 Å². The molecule has 0 amide bonds. The van der Waals surface area contributed by atoms with Crippen molar-refractivity contribution in [3.8, 4) is 0 Å². The van der Waals surface area contributed by atoms with Gasteiger partial charge in [0.1, 0.15) is 9.88 Å². The molecule has 8 heteroatoms. The maximum absolute atomic E-state index is 12.2. The van der Waals surface area contributed by atoms with Crippen molar-refractivity contribution in [2.45, 2.75) is 25.9 Å². The molecule has 0 aliphatic heterocycles. The zero-order valence-electron chi connectivity index (χ0n) is 12.2. The summed E-state index contributed by atoms with van der Waals surface area (Å²) in [4.78, 5) is 11.9. The summed E-state index contributed by atoms with van der Waals surface area (Å²) in [5, 5.41) is 0.415. The Labute approximate surface area is 128 Å². The molecule has 1 aliphatic carbocycles. The monoisotopic (exact) mass is 333 g/mol. The highest BCUT2D eigenvalue weighted by Crippen LogP contribution is 2.35. The van der Waals surface area contributed by atoms with Crippen LogP contribution >= 0.6 is 11.3 Å². The summed E-state index contributed by atoms with van der Waals surface area (Å²) in [5.41, 5.74) is 0.690. The fourth-order valence-electron chi connectivity index (χ4n) is 2.10. The standard InChI is InChI=1S/C13H19NO5S2/c1-8-6-11(20-12(8)13(15)19-3)14-21(16,17)7-10(18-2)9-4-5-9/h6,9-10,14H,4-5,7H2,1-3H3. The lowest BCUT2D eigenvalue weighted by Gasteiger charge is -2.14. The highest BCUT2D eigenvalue weighted by molar-refractivity contribution is 7.92. The zero-order chi connectivity index (χ0) is 15.6. The largest absolute Gasteiger partial charge is 0.465 e. The quantitative estimate of drug-likeness (QED) is 0.772. The van der Waals surface area contributed by atoms with Crippen LogP contribution in [0.25, 0.3) is 0 Å². The molecule has 1 aromatic heterocycles. The van der Waals surface area contributed by atoms with Crippen LogP contribution < -0.4 is 4.72 Å². The van der Waals surface area contributed by atoms with Crippen LogP contribution in [0.4, 0.5) is 5.00 Å². The van der Waals surface area contributed by atoms with Gasteiger partial charge in [-0.15, -0.1) is 11.3 Å². The predicted octanol–water partition coefficient (Wildman–Crippen LogP) is 2.01. The summed E-state index contributed by atoms with van der Waals surface area (Å²) in [6.45, 7) is 1.74. The van der Waals surface area contributed by atoms with Crippen molar-refractivity contribution in [1.82, 2.24) is 0 Å². The van der Waals surface area contributed by atoms with Gasteiger partial charge in [-0.2, -0.15) is 0 Å². The molecule has 118 valence electrons. The van der Waals surface area contributed by atoms with Crippen molar-refractivity contribution < 1.29 is 22.7 Å². The van der Waals surface area contributed by atoms with Gasteiger partial charge in [0.15, 0.2) is 0 Å². The van der Waals surface area contributed by atoms with Gasteiger partial charge in [0, 0.05) is 7.11 Å². The van der Waals surface area contributed by atoms with E-state index in [4.69, 9.17) is 4.74 Å². The van der Waals surface area contributed by atoms with Gasteiger partial charge in [-0.25, -0.2) is 13.2 Å². The Bertz CT molecular complexity index is 619. The van der Waals surface area contributed by atoms with Gasteiger partial charge in [-0.1, -0.05) is 0 Å². The van der Waals surface area contributed by atoms with Gasteiger partial charge >= 0.3 is 5.97 Å². The number of carbonyl (C=O) groups excluding carboxylic acids is 1. The molecule has 0 aromatic carbocycles. The molecular formula is C13H19NO5S2. The Morgan fingerprint density at radius 2 is 2.14 bits per heavy atom. The molecule has 0 saturated heterocycles. The number of methoxy groups -OCH3 is 2. The van der Waals surface area contributed by atoms with Crippen molar-refractivity contribution in [3.63, 3.8) is 0 Å². The van der Waals surface area contributed by atoms with E-state index >= 15 is 0 Å². The molecule has 2 rings (SSSR count). The number of ether oxygens (including phenoxy) is 2. The van der Waals surface area contributed by atoms with Gasteiger partial charge in [-0.3, -0.25) is 4.72 Å². The molecule has 1 saturated carbocycles. The highest BCUT2D eigenvalue weighted by Gasteiger charge is 2.34. The Kier molecular flexibility index (Phi) is 4.90. The number of esters is 1. The van der Waals surface area contributed by atoms with Crippen molar-refractivity contribution in [3.05, 3.63) is 16.5 Å². The molecule has 21 heavy (non-hydrogen) atoms. The molecule has 1 N–H and O–H groups in total. The van der Waals surface area contributed by atoms with E-state index in [0.717, 1.165) is 24.2 Å². The molecule has 0 radical (unpaired) electrons. The molecule has 0 spiro atoms. The lowest BCUT2D eigenvalue weighted by molar-refractivity contribution is 0.0605. The first-order valence-corrected chi connectivity index (χ1v) is 9.05. The van der Waals surface area contributed by atoms with Crippen molar-refractivity contribution in [1.29, 1.82) is 0 Å². The van der Waals surface area contributed by atoms with Crippen LogP contribution in [0.15, 0.2) is 6.07 Å². The van der Waals surface area contributed by atoms with Crippen LogP contribution in [0, 0.1) is 12.8 Å². The molecule has 1 atom stereocenters. The lowest BCUT2D eigenvalue weighted by atomic mass is 10.3. The fourth-order valence-corrected chi connectivity index (χ4v) is 4.78. The van der Waals surface area contributed by atoms with Crippen LogP contribution in [-0.2, 0) is 19.5 Å². The molecule has 1 aromatic rings. The van der Waals surface area contributed by atoms with Gasteiger partial charge in [-0.05, 0) is 37.3 Å². The van der Waals surface area contributed by atoms with Crippen LogP contribution in [-0.4, -0.2) is 40.5 Å². The first-order chi connectivity index (χ1) is 9.86. The van der Waals surface area contributed by atoms with Gasteiger partial charge < -0.3 is 9.47 Å². The van der Waals surface area contributed by atoms with Crippen molar-refractivity contribution in [2.75, 3.05) is 24.7 Å². The minimum Gasteiger partial charge on any atom is -0.465 e. The minimum absolute atomic E-state index is 0.0708. The smallest absolute Gasteiger partial charge is 0.348 e. The molecule has 6 nitrogen and oxygen atoms in total. The normalized spacial score (nSPS) is 16.5. The van der Waals surface area contributed by atoms with Crippen LogP contribution in [0.3, 0.4) is 0 Å². The van der Waals surface area contributed by atoms with Crippen molar-refractivity contribution >= 4 is 32.3 Å². The number of thiophene rings is 1. The van der Waals surface area contributed by atoms with E-state index in [9.17, 15) is 13.2 Å². The van der Waals surface area contributed by atoms with Crippen LogP contribution in [0.2, 0.25) is 0 Å². The SMILES string of the molecule is COC(=O)c1sc(NS(=O)(=O)CC(OC)C2CC2)cc1C. The third kappa shape index (κ3) is 4.18. The number of hydrogen-bond acceptors (Lipinski definition) is 6. The highest BCUT2D eigenvalue weighted by atomic mass is 32.2. The number of hydrogen-bond donors (Lipinski definition) is 1. The van der Waals surface area contributed by atoms with Gasteiger partial charge in [0.25, 0.3) is 0 Å². The number of anilines is 1. The number of sulfonamides is 1. The van der Waals surface area contributed by atoms with E-state index in [1.165, 1.54) is 14.2 Å². The molecule has 1 aliphatic rings. The van der Waals surface area contributed by atoms with E-state index in [0.29, 0.717) is 21.4 Å². The Hall–Kier alpha value is -1.12. The number of carbonyl (C=O) groups is 1. The summed E-state index contributed by atoms with van der Waals surface area (Å²) in [7, 11) is -0.677. The molecular weight excluding hydrogens is 314 g/mol. The lowest BCUT2D eigenvalue weighted by Crippen LogP contribution is -2.28. The first kappa shape index (κ1) is 16.3. The Morgan fingerprint density at radius 1 is 1.48 bits per heavy atom. The maximum Gasteiger partial charge on any atom is 0.348 e. The average Bonchev–Trinajstić information content (AvgIpc) is 3.19. The molecule has 1 heterocycles. The van der Waals surface area contributed by atoms with E-state index in [1.54, 1.807) is 13.0 Å². The Morgan fingerprint density at radius 3 is 2.67 bits per heavy atom. The van der Waals surface area contributed by atoms with E-state index in [2.05, 4.69) is 9.46 Å². The maximum atomic E-state index is 12.2. The summed E-state index contributed by atoms with van der Waals surface area (Å²) >= 11 is 1.07. The zero-order valence-corrected chi connectivity index (χ0v) is 13.8. The van der Waals surface area contributed by atoms with E-state index in [1.807, 2.05) is 0 Å². The van der Waals surface area contributed by atoms with Crippen LogP contribution in [0.5, 0.6) is 0 Å². The fraction of sp³-hybridized carbons (Fsp3) is 0.615. The molecule has 1 unspecified atom stereocenters. The van der Waals surface area contributed by atoms with E-state index in [-0.39, 0.29) is 11.9 Å². The second-order valence-electron chi connectivity index (χ2n) is 5.11. The summed E-state index contributed by atoms with van der Waals surface area (Å²) in [5.74, 6) is -0.198. The molecule has 0 bridgehead atoms. The second-order valence-corrected chi connectivity index (χ2v) is 7.93. The van der Waals surface area contributed by atoms with Crippen molar-refractivity contribution in [2.24, 2.45) is 5.92 Å². The summed E-state index contributed by atoms with van der Waals surface area (Å²) in [6, 6.07) is 1.63. The minimum atomic E-state index is -3.50. The number of nitrogens with one attached hydrogen (secondary N) is 1. The average molecular weight is 333 g/mol. The second kappa shape index (κ2) is 6.33. The molecule has 1 fully saturated rings. The predicted molar refractivity (Wildman–Crippen MR) is 81.3 cm³/mol. The topological polar surface area (TPSA) is 81.7 Å². The van der Waals surface area contributed by atoms with E-state index < -0.39 is 16.0 Å². The first-order valence-electron chi connectivity index (χ1n) is 6.58. The third-order valence-electron chi connectivity index (χ3n) is 3.38.